The Balaban J connectivity index is 1.72. The van der Waals surface area contributed by atoms with Crippen molar-refractivity contribution in [2.24, 2.45) is 0 Å². The van der Waals surface area contributed by atoms with Crippen molar-refractivity contribution in [3.63, 3.8) is 0 Å². The molecule has 0 amide bonds. The molecule has 0 aliphatic heterocycles. The summed E-state index contributed by atoms with van der Waals surface area (Å²) < 4.78 is 5.98. The zero-order chi connectivity index (χ0) is 14.1. The van der Waals surface area contributed by atoms with E-state index in [2.05, 4.69) is 24.3 Å². The molecule has 0 aromatic heterocycles. The van der Waals surface area contributed by atoms with Gasteiger partial charge in [0.05, 0.1) is 12.7 Å². The smallest absolute Gasteiger partial charge is 0.125 e. The first-order valence-corrected chi connectivity index (χ1v) is 7.14. The molecule has 0 saturated heterocycles. The molecule has 20 heavy (non-hydrogen) atoms. The highest BCUT2D eigenvalue weighted by Crippen LogP contribution is 2.36. The van der Waals surface area contributed by atoms with Crippen molar-refractivity contribution >= 4 is 0 Å². The van der Waals surface area contributed by atoms with Crippen LogP contribution in [0.1, 0.15) is 41.2 Å². The molecular formula is C18H20O2. The number of hydrogen-bond acceptors (Lipinski definition) is 2. The molecular weight excluding hydrogens is 248 g/mol. The molecule has 2 aromatic rings. The van der Waals surface area contributed by atoms with Gasteiger partial charge in [0, 0.05) is 11.5 Å². The maximum atomic E-state index is 9.81. The van der Waals surface area contributed by atoms with Crippen LogP contribution in [0.5, 0.6) is 5.75 Å². The molecule has 1 aliphatic carbocycles. The van der Waals surface area contributed by atoms with Crippen molar-refractivity contribution in [3.8, 4) is 5.75 Å². The minimum atomic E-state index is -0.501. The molecule has 1 N–H and O–H groups in total. The van der Waals surface area contributed by atoms with Crippen LogP contribution in [0.4, 0.5) is 0 Å². The van der Waals surface area contributed by atoms with Crippen molar-refractivity contribution in [1.82, 2.24) is 0 Å². The first kappa shape index (κ1) is 13.2. The summed E-state index contributed by atoms with van der Waals surface area (Å²) in [6.07, 6.45) is 0.589. The first-order valence-electron chi connectivity index (χ1n) is 7.14. The van der Waals surface area contributed by atoms with E-state index < -0.39 is 6.10 Å². The number of benzene rings is 2. The van der Waals surface area contributed by atoms with Gasteiger partial charge in [-0.15, -0.1) is 0 Å². The van der Waals surface area contributed by atoms with Gasteiger partial charge in [-0.1, -0.05) is 36.4 Å². The number of aryl methyl sites for hydroxylation is 1. The van der Waals surface area contributed by atoms with Crippen molar-refractivity contribution in [2.75, 3.05) is 6.61 Å². The second kappa shape index (κ2) is 5.29. The molecule has 2 atom stereocenters. The number of fused-ring (bicyclic) bond motifs is 1. The molecule has 0 heterocycles. The van der Waals surface area contributed by atoms with E-state index in [-0.39, 0.29) is 0 Å². The Morgan fingerprint density at radius 1 is 1.25 bits per heavy atom. The summed E-state index contributed by atoms with van der Waals surface area (Å²) in [5, 5.41) is 9.81. The normalized spacial score (nSPS) is 18.1. The second-order valence-corrected chi connectivity index (χ2v) is 5.63. The van der Waals surface area contributed by atoms with Crippen LogP contribution in [0.25, 0.3) is 0 Å². The van der Waals surface area contributed by atoms with Crippen molar-refractivity contribution < 1.29 is 9.84 Å². The van der Waals surface area contributed by atoms with Crippen LogP contribution in [0.3, 0.4) is 0 Å². The summed E-state index contributed by atoms with van der Waals surface area (Å²) in [6, 6.07) is 14.5. The fourth-order valence-corrected chi connectivity index (χ4v) is 2.81. The number of ether oxygens (including phenoxy) is 1. The highest BCUT2D eigenvalue weighted by atomic mass is 16.5. The third-order valence-electron chi connectivity index (χ3n) is 4.02. The molecule has 2 aromatic carbocycles. The van der Waals surface area contributed by atoms with Crippen LogP contribution in [0.2, 0.25) is 0 Å². The monoisotopic (exact) mass is 268 g/mol. The third-order valence-corrected chi connectivity index (χ3v) is 4.02. The van der Waals surface area contributed by atoms with Crippen molar-refractivity contribution in [2.45, 2.75) is 32.3 Å². The van der Waals surface area contributed by atoms with E-state index in [0.717, 1.165) is 23.3 Å². The number of rotatable bonds is 4. The predicted octanol–water partition coefficient (Wildman–Crippen LogP) is 3.77. The summed E-state index contributed by atoms with van der Waals surface area (Å²) in [5.74, 6) is 1.29. The van der Waals surface area contributed by atoms with E-state index in [0.29, 0.717) is 12.5 Å². The third kappa shape index (κ3) is 2.44. The van der Waals surface area contributed by atoms with Crippen LogP contribution in [0.15, 0.2) is 42.5 Å². The van der Waals surface area contributed by atoms with Crippen molar-refractivity contribution in [3.05, 3.63) is 64.7 Å². The molecule has 0 radical (unpaired) electrons. The van der Waals surface area contributed by atoms with E-state index in [9.17, 15) is 5.11 Å². The lowest BCUT2D eigenvalue weighted by molar-refractivity contribution is 0.188. The van der Waals surface area contributed by atoms with Gasteiger partial charge in [-0.25, -0.2) is 0 Å². The Bertz CT molecular complexity index is 617. The van der Waals surface area contributed by atoms with E-state index in [4.69, 9.17) is 4.74 Å². The maximum Gasteiger partial charge on any atom is 0.125 e. The molecule has 2 heteroatoms. The summed E-state index contributed by atoms with van der Waals surface area (Å²) in [5.41, 5.74) is 4.85. The zero-order valence-electron chi connectivity index (χ0n) is 12.0. The SMILES string of the molecule is Cc1ccc(C(C)O)c(OCC2Cc3ccccc32)c1. The molecule has 0 fully saturated rings. The molecule has 2 nitrogen and oxygen atoms in total. The van der Waals surface area contributed by atoms with Gasteiger partial charge in [-0.3, -0.25) is 0 Å². The van der Waals surface area contributed by atoms with E-state index in [1.807, 2.05) is 25.1 Å². The average molecular weight is 268 g/mol. The second-order valence-electron chi connectivity index (χ2n) is 5.63. The van der Waals surface area contributed by atoms with Gasteiger partial charge in [-0.05, 0) is 43.0 Å². The molecule has 104 valence electrons. The highest BCUT2D eigenvalue weighted by molar-refractivity contribution is 5.41. The van der Waals surface area contributed by atoms with Crippen molar-refractivity contribution in [1.29, 1.82) is 0 Å². The molecule has 0 bridgehead atoms. The van der Waals surface area contributed by atoms with Crippen LogP contribution in [0, 0.1) is 6.92 Å². The Hall–Kier alpha value is -1.80. The van der Waals surface area contributed by atoms with E-state index in [1.165, 1.54) is 11.1 Å². The number of aliphatic hydroxyl groups excluding tert-OH is 1. The fourth-order valence-electron chi connectivity index (χ4n) is 2.81. The van der Waals surface area contributed by atoms with Gasteiger partial charge in [0.1, 0.15) is 5.75 Å². The molecule has 2 unspecified atom stereocenters. The molecule has 0 saturated carbocycles. The number of aliphatic hydroxyl groups is 1. The molecule has 1 aliphatic rings. The highest BCUT2D eigenvalue weighted by Gasteiger charge is 2.26. The summed E-state index contributed by atoms with van der Waals surface area (Å²) >= 11 is 0. The van der Waals surface area contributed by atoms with Gasteiger partial charge >= 0.3 is 0 Å². The van der Waals surface area contributed by atoms with Gasteiger partial charge in [0.2, 0.25) is 0 Å². The summed E-state index contributed by atoms with van der Waals surface area (Å²) in [4.78, 5) is 0. The largest absolute Gasteiger partial charge is 0.493 e. The van der Waals surface area contributed by atoms with E-state index >= 15 is 0 Å². The lowest BCUT2D eigenvalue weighted by Gasteiger charge is -2.30. The minimum absolute atomic E-state index is 0.480. The zero-order valence-corrected chi connectivity index (χ0v) is 12.0. The Morgan fingerprint density at radius 2 is 2.05 bits per heavy atom. The summed E-state index contributed by atoms with van der Waals surface area (Å²) in [7, 11) is 0. The fraction of sp³-hybridized carbons (Fsp3) is 0.333. The standard InChI is InChI=1S/C18H20O2/c1-12-7-8-16(13(2)19)18(9-12)20-11-15-10-14-5-3-4-6-17(14)15/h3-9,13,15,19H,10-11H2,1-2H3. The maximum absolute atomic E-state index is 9.81. The lowest BCUT2D eigenvalue weighted by atomic mass is 9.78. The van der Waals surface area contributed by atoms with Crippen LogP contribution >= 0.6 is 0 Å². The van der Waals surface area contributed by atoms with E-state index in [1.54, 1.807) is 6.92 Å². The lowest BCUT2D eigenvalue weighted by Crippen LogP contribution is -2.23. The van der Waals surface area contributed by atoms with Crippen LogP contribution < -0.4 is 4.74 Å². The van der Waals surface area contributed by atoms with Gasteiger partial charge in [-0.2, -0.15) is 0 Å². The van der Waals surface area contributed by atoms with Crippen LogP contribution in [-0.4, -0.2) is 11.7 Å². The summed E-state index contributed by atoms with van der Waals surface area (Å²) in [6.45, 7) is 4.49. The minimum Gasteiger partial charge on any atom is -0.493 e. The Kier molecular flexibility index (Phi) is 3.49. The number of hydrogen-bond donors (Lipinski definition) is 1. The van der Waals surface area contributed by atoms with Gasteiger partial charge < -0.3 is 9.84 Å². The van der Waals surface area contributed by atoms with Gasteiger partial charge in [0.15, 0.2) is 0 Å². The topological polar surface area (TPSA) is 29.5 Å². The first-order chi connectivity index (χ1) is 9.65. The predicted molar refractivity (Wildman–Crippen MR) is 80.2 cm³/mol. The van der Waals surface area contributed by atoms with Gasteiger partial charge in [0.25, 0.3) is 0 Å². The quantitative estimate of drug-likeness (QED) is 0.914. The van der Waals surface area contributed by atoms with Crippen LogP contribution in [-0.2, 0) is 6.42 Å². The molecule has 0 spiro atoms. The average Bonchev–Trinajstić information content (AvgIpc) is 2.39. The Morgan fingerprint density at radius 3 is 2.80 bits per heavy atom. The molecule has 3 rings (SSSR count). The Labute approximate surface area is 120 Å².